The molecule has 1 aromatic rings. The van der Waals surface area contributed by atoms with Crippen LogP contribution in [-0.4, -0.2) is 53.0 Å². The van der Waals surface area contributed by atoms with Crippen LogP contribution in [0.1, 0.15) is 38.8 Å². The molecule has 0 radical (unpaired) electrons. The van der Waals surface area contributed by atoms with E-state index in [1.54, 1.807) is 11.3 Å². The second-order valence-corrected chi connectivity index (χ2v) is 7.40. The Morgan fingerprint density at radius 2 is 2.25 bits per heavy atom. The first-order valence-electron chi connectivity index (χ1n) is 8.09. The van der Waals surface area contributed by atoms with Crippen LogP contribution in [0.4, 0.5) is 0 Å². The number of piperazine rings is 1. The molecular weight excluding hydrogens is 266 g/mol. The van der Waals surface area contributed by atoms with Gasteiger partial charge >= 0.3 is 0 Å². The van der Waals surface area contributed by atoms with Crippen molar-refractivity contribution >= 4 is 11.3 Å². The summed E-state index contributed by atoms with van der Waals surface area (Å²) < 4.78 is 0. The Kier molecular flexibility index (Phi) is 4.74. The standard InChI is InChI=1S/C16H27N3S/c1-13(2)16-10-18-7-4-3-5-15(18)9-19(16)8-6-14-11-20-12-17-14/h11-13,15-16H,3-10H2,1-2H3. The molecule has 3 heterocycles. The number of rotatable bonds is 4. The molecule has 2 unspecified atom stereocenters. The van der Waals surface area contributed by atoms with E-state index in [-0.39, 0.29) is 0 Å². The lowest BCUT2D eigenvalue weighted by molar-refractivity contribution is -0.00683. The number of nitrogens with zero attached hydrogens (tertiary/aromatic N) is 3. The van der Waals surface area contributed by atoms with Gasteiger partial charge in [-0.1, -0.05) is 20.3 Å². The van der Waals surface area contributed by atoms with Crippen molar-refractivity contribution in [1.82, 2.24) is 14.8 Å². The molecule has 0 spiro atoms. The molecule has 2 atom stereocenters. The number of piperidine rings is 1. The molecule has 3 nitrogen and oxygen atoms in total. The number of hydrogen-bond acceptors (Lipinski definition) is 4. The first-order chi connectivity index (χ1) is 9.74. The minimum atomic E-state index is 0.725. The number of fused-ring (bicyclic) bond motifs is 1. The highest BCUT2D eigenvalue weighted by Crippen LogP contribution is 2.27. The van der Waals surface area contributed by atoms with Gasteiger partial charge in [-0.25, -0.2) is 4.98 Å². The average Bonchev–Trinajstić information content (AvgIpc) is 2.97. The quantitative estimate of drug-likeness (QED) is 0.851. The molecule has 1 aromatic heterocycles. The third-order valence-corrected chi connectivity index (χ3v) is 5.63. The van der Waals surface area contributed by atoms with Crippen LogP contribution in [-0.2, 0) is 6.42 Å². The maximum absolute atomic E-state index is 4.43. The van der Waals surface area contributed by atoms with Gasteiger partial charge in [0.05, 0.1) is 11.2 Å². The molecule has 4 heteroatoms. The number of aromatic nitrogens is 1. The lowest BCUT2D eigenvalue weighted by Gasteiger charge is -2.50. The maximum Gasteiger partial charge on any atom is 0.0794 e. The molecule has 0 aliphatic carbocycles. The molecule has 0 bridgehead atoms. The van der Waals surface area contributed by atoms with E-state index in [1.165, 1.54) is 51.1 Å². The summed E-state index contributed by atoms with van der Waals surface area (Å²) in [5, 5.41) is 2.20. The molecule has 3 rings (SSSR count). The molecule has 0 N–H and O–H groups in total. The van der Waals surface area contributed by atoms with E-state index in [4.69, 9.17) is 0 Å². The van der Waals surface area contributed by atoms with Gasteiger partial charge in [0, 0.05) is 43.5 Å². The zero-order valence-electron chi connectivity index (χ0n) is 12.8. The minimum Gasteiger partial charge on any atom is -0.298 e. The van der Waals surface area contributed by atoms with E-state index >= 15 is 0 Å². The first-order valence-corrected chi connectivity index (χ1v) is 9.03. The fourth-order valence-corrected chi connectivity index (χ4v) is 4.37. The molecule has 2 fully saturated rings. The monoisotopic (exact) mass is 293 g/mol. The van der Waals surface area contributed by atoms with Crippen molar-refractivity contribution in [2.45, 2.75) is 51.6 Å². The minimum absolute atomic E-state index is 0.725. The zero-order chi connectivity index (χ0) is 13.9. The van der Waals surface area contributed by atoms with Crippen molar-refractivity contribution in [1.29, 1.82) is 0 Å². The van der Waals surface area contributed by atoms with Crippen LogP contribution in [0.2, 0.25) is 0 Å². The van der Waals surface area contributed by atoms with Gasteiger partial charge in [-0.3, -0.25) is 9.80 Å². The predicted octanol–water partition coefficient (Wildman–Crippen LogP) is 2.88. The Balaban J connectivity index is 1.63. The van der Waals surface area contributed by atoms with Crippen LogP contribution in [0, 0.1) is 5.92 Å². The molecule has 2 aliphatic heterocycles. The largest absolute Gasteiger partial charge is 0.298 e. The highest BCUT2D eigenvalue weighted by atomic mass is 32.1. The van der Waals surface area contributed by atoms with Crippen LogP contribution in [0.25, 0.3) is 0 Å². The van der Waals surface area contributed by atoms with Crippen molar-refractivity contribution in [3.8, 4) is 0 Å². The molecule has 20 heavy (non-hydrogen) atoms. The van der Waals surface area contributed by atoms with E-state index in [9.17, 15) is 0 Å². The lowest BCUT2D eigenvalue weighted by atomic mass is 9.92. The molecule has 0 saturated carbocycles. The van der Waals surface area contributed by atoms with Crippen LogP contribution < -0.4 is 0 Å². The second kappa shape index (κ2) is 6.54. The Hall–Kier alpha value is -0.450. The van der Waals surface area contributed by atoms with Crippen LogP contribution in [0.5, 0.6) is 0 Å². The van der Waals surface area contributed by atoms with Gasteiger partial charge in [-0.15, -0.1) is 11.3 Å². The van der Waals surface area contributed by atoms with Gasteiger partial charge in [-0.05, 0) is 25.3 Å². The first kappa shape index (κ1) is 14.5. The zero-order valence-corrected chi connectivity index (χ0v) is 13.6. The van der Waals surface area contributed by atoms with Crippen LogP contribution in [0.3, 0.4) is 0 Å². The van der Waals surface area contributed by atoms with Crippen molar-refractivity contribution in [3.63, 3.8) is 0 Å². The van der Waals surface area contributed by atoms with Gasteiger partial charge < -0.3 is 0 Å². The summed E-state index contributed by atoms with van der Waals surface area (Å²) in [6, 6.07) is 1.54. The van der Waals surface area contributed by atoms with Crippen molar-refractivity contribution < 1.29 is 0 Å². The van der Waals surface area contributed by atoms with E-state index < -0.39 is 0 Å². The third kappa shape index (κ3) is 3.23. The summed E-state index contributed by atoms with van der Waals surface area (Å²) in [4.78, 5) is 9.94. The summed E-state index contributed by atoms with van der Waals surface area (Å²) in [5.41, 5.74) is 3.22. The molecule has 2 saturated heterocycles. The summed E-state index contributed by atoms with van der Waals surface area (Å²) in [6.07, 6.45) is 5.34. The number of thiazole rings is 1. The average molecular weight is 293 g/mol. The van der Waals surface area contributed by atoms with Crippen LogP contribution in [0.15, 0.2) is 10.9 Å². The summed E-state index contributed by atoms with van der Waals surface area (Å²) in [6.45, 7) is 9.81. The lowest BCUT2D eigenvalue weighted by Crippen LogP contribution is -2.61. The Labute approximate surface area is 127 Å². The maximum atomic E-state index is 4.43. The second-order valence-electron chi connectivity index (χ2n) is 6.68. The predicted molar refractivity (Wildman–Crippen MR) is 85.2 cm³/mol. The van der Waals surface area contributed by atoms with E-state index in [0.717, 1.165) is 24.4 Å². The van der Waals surface area contributed by atoms with Crippen LogP contribution >= 0.6 is 11.3 Å². The normalized spacial score (nSPS) is 28.8. The molecule has 0 aromatic carbocycles. The van der Waals surface area contributed by atoms with Gasteiger partial charge in [0.15, 0.2) is 0 Å². The Morgan fingerprint density at radius 1 is 1.35 bits per heavy atom. The summed E-state index contributed by atoms with van der Waals surface area (Å²) >= 11 is 1.71. The third-order valence-electron chi connectivity index (χ3n) is 4.99. The summed E-state index contributed by atoms with van der Waals surface area (Å²) in [5.74, 6) is 0.744. The summed E-state index contributed by atoms with van der Waals surface area (Å²) in [7, 11) is 0. The van der Waals surface area contributed by atoms with Crippen molar-refractivity contribution in [2.75, 3.05) is 26.2 Å². The molecule has 112 valence electrons. The fourth-order valence-electron chi connectivity index (χ4n) is 3.78. The smallest absolute Gasteiger partial charge is 0.0794 e. The van der Waals surface area contributed by atoms with Crippen molar-refractivity contribution in [3.05, 3.63) is 16.6 Å². The molecule has 0 amide bonds. The number of hydrogen-bond donors (Lipinski definition) is 0. The van der Waals surface area contributed by atoms with Gasteiger partial charge in [0.2, 0.25) is 0 Å². The van der Waals surface area contributed by atoms with Gasteiger partial charge in [0.1, 0.15) is 0 Å². The van der Waals surface area contributed by atoms with E-state index in [2.05, 4.69) is 34.0 Å². The topological polar surface area (TPSA) is 19.4 Å². The SMILES string of the molecule is CC(C)C1CN2CCCCC2CN1CCc1cscn1. The fraction of sp³-hybridized carbons (Fsp3) is 0.812. The Morgan fingerprint density at radius 3 is 3.00 bits per heavy atom. The Bertz CT molecular complexity index is 404. The highest BCUT2D eigenvalue weighted by Gasteiger charge is 2.35. The van der Waals surface area contributed by atoms with E-state index in [0.29, 0.717) is 0 Å². The van der Waals surface area contributed by atoms with Gasteiger partial charge in [0.25, 0.3) is 0 Å². The van der Waals surface area contributed by atoms with Gasteiger partial charge in [-0.2, -0.15) is 0 Å². The highest BCUT2D eigenvalue weighted by molar-refractivity contribution is 7.07. The molecule has 2 aliphatic rings. The molecular formula is C16H27N3S. The van der Waals surface area contributed by atoms with E-state index in [1.807, 2.05) is 5.51 Å². The van der Waals surface area contributed by atoms with Crippen molar-refractivity contribution in [2.24, 2.45) is 5.92 Å².